The Morgan fingerprint density at radius 3 is 3.08 bits per heavy atom. The maximum absolute atomic E-state index is 10.5. The Bertz CT molecular complexity index is 576. The minimum atomic E-state index is 0.422. The van der Waals surface area contributed by atoms with E-state index in [-0.39, 0.29) is 0 Å². The summed E-state index contributed by atoms with van der Waals surface area (Å²) in [5.74, 6) is 0.690. The Morgan fingerprint density at radius 1 is 1.48 bits per heavy atom. The zero-order chi connectivity index (χ0) is 17.7. The lowest BCUT2D eigenvalue weighted by atomic mass is 10.1. The van der Waals surface area contributed by atoms with Crippen LogP contribution in [0.5, 0.6) is 0 Å². The van der Waals surface area contributed by atoms with E-state index in [1.54, 1.807) is 12.4 Å². The number of carbonyl (C=O) groups excluding carboxylic acids is 1. The van der Waals surface area contributed by atoms with E-state index < -0.39 is 0 Å². The van der Waals surface area contributed by atoms with Crippen molar-refractivity contribution in [3.05, 3.63) is 35.6 Å². The second kappa shape index (κ2) is 11.7. The summed E-state index contributed by atoms with van der Waals surface area (Å²) in [4.78, 5) is 19.3. The SMILES string of the molecule is N/C=C(\C=N/CCOC1CCCC1)C1=C/CS/C(NC=O)=N\C/C=C\1. The van der Waals surface area contributed by atoms with Gasteiger partial charge in [-0.2, -0.15) is 0 Å². The summed E-state index contributed by atoms with van der Waals surface area (Å²) in [5.41, 5.74) is 7.63. The Kier molecular flexibility index (Phi) is 9.07. The van der Waals surface area contributed by atoms with E-state index in [1.807, 2.05) is 18.2 Å². The molecule has 0 saturated heterocycles. The van der Waals surface area contributed by atoms with Crippen LogP contribution >= 0.6 is 11.8 Å². The number of thioether (sulfide) groups is 1. The van der Waals surface area contributed by atoms with E-state index in [9.17, 15) is 4.79 Å². The molecule has 0 spiro atoms. The van der Waals surface area contributed by atoms with Crippen molar-refractivity contribution in [2.45, 2.75) is 31.8 Å². The van der Waals surface area contributed by atoms with Gasteiger partial charge in [-0.3, -0.25) is 14.8 Å². The average Bonchev–Trinajstić information content (AvgIpc) is 3.16. The highest BCUT2D eigenvalue weighted by Crippen LogP contribution is 2.20. The number of aliphatic imine (C=N–C) groups is 2. The van der Waals surface area contributed by atoms with Gasteiger partial charge in [-0.25, -0.2) is 0 Å². The van der Waals surface area contributed by atoms with Crippen LogP contribution < -0.4 is 11.1 Å². The fourth-order valence-electron chi connectivity index (χ4n) is 2.69. The maximum Gasteiger partial charge on any atom is 0.213 e. The van der Waals surface area contributed by atoms with E-state index >= 15 is 0 Å². The molecule has 0 aromatic heterocycles. The molecule has 0 unspecified atom stereocenters. The quantitative estimate of drug-likeness (QED) is 0.413. The Hall–Kier alpha value is -1.86. The summed E-state index contributed by atoms with van der Waals surface area (Å²) in [5, 5.41) is 3.22. The summed E-state index contributed by atoms with van der Waals surface area (Å²) in [6.45, 7) is 1.79. The topological polar surface area (TPSA) is 89.1 Å². The predicted octanol–water partition coefficient (Wildman–Crippen LogP) is 2.19. The standard InChI is InChI=1S/C18H26N4O2S/c19-12-16(13-20-9-10-24-17-5-1-2-6-17)15-4-3-8-21-18(22-14-23)25-11-7-15/h3-4,7,12-14,17H,1-2,5-6,8-11,19H2,(H,21,22,23)/b4-3-,15-7+,16-12+,20-13-. The van der Waals surface area contributed by atoms with Crippen LogP contribution in [0.3, 0.4) is 0 Å². The molecule has 1 aliphatic heterocycles. The number of nitrogens with two attached hydrogens (primary N) is 1. The highest BCUT2D eigenvalue weighted by Gasteiger charge is 2.14. The number of rotatable bonds is 7. The van der Waals surface area contributed by atoms with Crippen molar-refractivity contribution in [2.75, 3.05) is 25.4 Å². The molecular weight excluding hydrogens is 336 g/mol. The Morgan fingerprint density at radius 2 is 2.32 bits per heavy atom. The first-order chi connectivity index (χ1) is 12.3. The first kappa shape index (κ1) is 19.5. The number of nitrogens with one attached hydrogen (secondary N) is 1. The molecule has 0 bridgehead atoms. The van der Waals surface area contributed by atoms with Crippen molar-refractivity contribution in [2.24, 2.45) is 15.7 Å². The lowest BCUT2D eigenvalue weighted by molar-refractivity contribution is -0.108. The largest absolute Gasteiger partial charge is 0.404 e. The molecule has 1 aliphatic carbocycles. The normalized spacial score (nSPS) is 25.4. The van der Waals surface area contributed by atoms with Crippen molar-refractivity contribution >= 4 is 29.6 Å². The number of hydrogen-bond acceptors (Lipinski definition) is 6. The van der Waals surface area contributed by atoms with E-state index in [4.69, 9.17) is 10.5 Å². The molecule has 0 aromatic carbocycles. The molecule has 1 heterocycles. The van der Waals surface area contributed by atoms with Crippen LogP contribution in [-0.4, -0.2) is 49.3 Å². The molecule has 1 saturated carbocycles. The summed E-state index contributed by atoms with van der Waals surface area (Å²) in [7, 11) is 0. The lowest BCUT2D eigenvalue weighted by Gasteiger charge is -2.09. The van der Waals surface area contributed by atoms with Crippen molar-refractivity contribution in [1.82, 2.24) is 5.32 Å². The van der Waals surface area contributed by atoms with Gasteiger partial charge in [-0.15, -0.1) is 0 Å². The summed E-state index contributed by atoms with van der Waals surface area (Å²) in [6, 6.07) is 0. The molecular formula is C18H26N4O2S. The zero-order valence-electron chi connectivity index (χ0n) is 14.4. The first-order valence-electron chi connectivity index (χ1n) is 8.61. The number of ether oxygens (including phenoxy) is 1. The molecule has 7 heteroatoms. The smallest absolute Gasteiger partial charge is 0.213 e. The molecule has 0 radical (unpaired) electrons. The molecule has 0 atom stereocenters. The van der Waals surface area contributed by atoms with Crippen molar-refractivity contribution in [3.63, 3.8) is 0 Å². The number of amidine groups is 1. The van der Waals surface area contributed by atoms with E-state index in [2.05, 4.69) is 15.3 Å². The van der Waals surface area contributed by atoms with Gasteiger partial charge in [0.25, 0.3) is 0 Å². The predicted molar refractivity (Wildman–Crippen MR) is 105 cm³/mol. The third kappa shape index (κ3) is 7.27. The number of allylic oxidation sites excluding steroid dienone is 3. The highest BCUT2D eigenvalue weighted by atomic mass is 32.2. The molecule has 1 amide bonds. The van der Waals surface area contributed by atoms with Crippen LogP contribution in [0.1, 0.15) is 25.7 Å². The van der Waals surface area contributed by atoms with Crippen LogP contribution in [0.4, 0.5) is 0 Å². The van der Waals surface area contributed by atoms with Crippen LogP contribution in [0, 0.1) is 0 Å². The van der Waals surface area contributed by atoms with Gasteiger partial charge in [0.15, 0.2) is 5.17 Å². The Balaban J connectivity index is 1.83. The van der Waals surface area contributed by atoms with Gasteiger partial charge in [-0.05, 0) is 18.4 Å². The average molecular weight is 362 g/mol. The summed E-state index contributed by atoms with van der Waals surface area (Å²) >= 11 is 1.47. The fraction of sp³-hybridized carbons (Fsp3) is 0.500. The van der Waals surface area contributed by atoms with Gasteiger partial charge in [0.2, 0.25) is 6.41 Å². The number of nitrogens with zero attached hydrogens (tertiary/aromatic N) is 2. The van der Waals surface area contributed by atoms with Crippen molar-refractivity contribution in [3.8, 4) is 0 Å². The number of amides is 1. The van der Waals surface area contributed by atoms with Crippen LogP contribution in [0.2, 0.25) is 0 Å². The molecule has 3 N–H and O–H groups in total. The lowest BCUT2D eigenvalue weighted by Crippen LogP contribution is -2.18. The molecule has 2 rings (SSSR count). The zero-order valence-corrected chi connectivity index (χ0v) is 15.2. The van der Waals surface area contributed by atoms with Crippen LogP contribution in [0.25, 0.3) is 0 Å². The molecule has 136 valence electrons. The third-order valence-corrected chi connectivity index (χ3v) is 4.82. The maximum atomic E-state index is 10.5. The molecule has 0 aromatic rings. The monoisotopic (exact) mass is 362 g/mol. The summed E-state index contributed by atoms with van der Waals surface area (Å²) in [6.07, 6.45) is 15.3. The third-order valence-electron chi connectivity index (χ3n) is 3.96. The second-order valence-electron chi connectivity index (χ2n) is 5.72. The minimum absolute atomic E-state index is 0.422. The number of hydrogen-bond donors (Lipinski definition) is 2. The van der Waals surface area contributed by atoms with E-state index in [0.29, 0.717) is 43.1 Å². The van der Waals surface area contributed by atoms with Gasteiger partial charge in [0.05, 0.1) is 25.8 Å². The van der Waals surface area contributed by atoms with Gasteiger partial charge >= 0.3 is 0 Å². The number of carbonyl (C=O) groups is 1. The first-order valence-corrected chi connectivity index (χ1v) is 9.60. The van der Waals surface area contributed by atoms with Crippen LogP contribution in [-0.2, 0) is 9.53 Å². The summed E-state index contributed by atoms with van der Waals surface area (Å²) < 4.78 is 5.80. The van der Waals surface area contributed by atoms with Gasteiger partial charge in [0.1, 0.15) is 0 Å². The van der Waals surface area contributed by atoms with Crippen LogP contribution in [0.15, 0.2) is 45.6 Å². The van der Waals surface area contributed by atoms with E-state index in [0.717, 1.165) is 11.1 Å². The van der Waals surface area contributed by atoms with Gasteiger partial charge in [-0.1, -0.05) is 42.8 Å². The minimum Gasteiger partial charge on any atom is -0.404 e. The van der Waals surface area contributed by atoms with Crippen molar-refractivity contribution in [1.29, 1.82) is 0 Å². The molecule has 1 fully saturated rings. The molecule has 25 heavy (non-hydrogen) atoms. The Labute approximate surface area is 153 Å². The fourth-order valence-corrected chi connectivity index (χ4v) is 3.41. The van der Waals surface area contributed by atoms with Crippen molar-refractivity contribution < 1.29 is 9.53 Å². The van der Waals surface area contributed by atoms with E-state index in [1.165, 1.54) is 37.4 Å². The van der Waals surface area contributed by atoms with Gasteiger partial charge in [0, 0.05) is 23.7 Å². The van der Waals surface area contributed by atoms with Gasteiger partial charge < -0.3 is 15.8 Å². The molecule has 6 nitrogen and oxygen atoms in total. The second-order valence-corrected chi connectivity index (χ2v) is 6.72. The highest BCUT2D eigenvalue weighted by molar-refractivity contribution is 8.14. The molecule has 2 aliphatic rings.